The number of amidine groups is 2. The first-order valence-corrected chi connectivity index (χ1v) is 16.8. The second-order valence-corrected chi connectivity index (χ2v) is 12.7. The topological polar surface area (TPSA) is 70.4 Å². The van der Waals surface area contributed by atoms with Crippen molar-refractivity contribution in [3.8, 4) is 16.8 Å². The van der Waals surface area contributed by atoms with E-state index in [2.05, 4.69) is 141 Å². The molecule has 1 unspecified atom stereocenters. The van der Waals surface area contributed by atoms with E-state index in [9.17, 15) is 0 Å². The van der Waals surface area contributed by atoms with E-state index in [0.717, 1.165) is 50.3 Å². The van der Waals surface area contributed by atoms with Crippen molar-refractivity contribution in [1.29, 1.82) is 0 Å². The standard InChI is InChI=1S/C44H30N6/c1-2-9-28(10-3-1)42-47-43(29-21-23-45-24-22-29)49-44(48-42)32-11-8-12-33(25-32)50-40-16-7-5-14-35(40)37-27-31(18-20-41(37)50)30-17-19-39-36(26-30)34-13-4-6-15-38(34)46-39/h1-27,43,46H,(H,47,48,49). The van der Waals surface area contributed by atoms with E-state index in [4.69, 9.17) is 9.98 Å². The average molecular weight is 643 g/mol. The summed E-state index contributed by atoms with van der Waals surface area (Å²) in [6, 6.07) is 53.4. The number of pyridine rings is 1. The Bertz CT molecular complexity index is 2790. The second-order valence-electron chi connectivity index (χ2n) is 12.7. The maximum atomic E-state index is 5.11. The lowest BCUT2D eigenvalue weighted by molar-refractivity contribution is 0.673. The molecule has 1 aliphatic rings. The van der Waals surface area contributed by atoms with Crippen LogP contribution in [0.15, 0.2) is 174 Å². The zero-order chi connectivity index (χ0) is 33.0. The molecule has 1 atom stereocenters. The summed E-state index contributed by atoms with van der Waals surface area (Å²) in [6.45, 7) is 0. The summed E-state index contributed by atoms with van der Waals surface area (Å²) in [4.78, 5) is 17.9. The maximum absolute atomic E-state index is 5.11. The van der Waals surface area contributed by atoms with E-state index in [0.29, 0.717) is 5.84 Å². The number of aliphatic imine (C=N–C) groups is 2. The van der Waals surface area contributed by atoms with Gasteiger partial charge in [-0.1, -0.05) is 91.0 Å². The van der Waals surface area contributed by atoms with E-state index in [-0.39, 0.29) is 6.17 Å². The van der Waals surface area contributed by atoms with Crippen LogP contribution in [0.5, 0.6) is 0 Å². The molecule has 6 nitrogen and oxygen atoms in total. The van der Waals surface area contributed by atoms with Gasteiger partial charge in [0, 0.05) is 61.8 Å². The van der Waals surface area contributed by atoms with Crippen molar-refractivity contribution in [1.82, 2.24) is 19.9 Å². The lowest BCUT2D eigenvalue weighted by atomic mass is 10.0. The first-order chi connectivity index (χ1) is 24.8. The largest absolute Gasteiger partial charge is 0.355 e. The van der Waals surface area contributed by atoms with Crippen LogP contribution < -0.4 is 5.32 Å². The molecule has 0 spiro atoms. The number of rotatable bonds is 5. The molecule has 0 saturated heterocycles. The third-order valence-corrected chi connectivity index (χ3v) is 9.69. The van der Waals surface area contributed by atoms with Gasteiger partial charge in [-0.25, -0.2) is 9.98 Å². The van der Waals surface area contributed by atoms with Crippen molar-refractivity contribution in [2.45, 2.75) is 6.17 Å². The molecule has 4 heterocycles. The number of hydrogen-bond donors (Lipinski definition) is 2. The van der Waals surface area contributed by atoms with Gasteiger partial charge in [0.05, 0.1) is 11.0 Å². The number of aromatic nitrogens is 3. The number of hydrogen-bond acceptors (Lipinski definition) is 4. The minimum absolute atomic E-state index is 0.292. The van der Waals surface area contributed by atoms with Crippen molar-refractivity contribution < 1.29 is 0 Å². The highest BCUT2D eigenvalue weighted by Gasteiger charge is 2.22. The van der Waals surface area contributed by atoms with Gasteiger partial charge in [-0.3, -0.25) is 4.98 Å². The number of nitrogens with one attached hydrogen (secondary N) is 2. The molecule has 0 bridgehead atoms. The van der Waals surface area contributed by atoms with E-state index in [1.165, 1.54) is 32.7 Å². The van der Waals surface area contributed by atoms with Gasteiger partial charge in [0.25, 0.3) is 0 Å². The SMILES string of the molecule is c1ccc(C2=NC(c3cccc(-n4c5ccccc5c5cc(-c6ccc7[nH]c8ccccc8c7c6)ccc54)c3)=NC(c3ccncc3)N2)cc1. The van der Waals surface area contributed by atoms with Gasteiger partial charge in [0.2, 0.25) is 0 Å². The summed E-state index contributed by atoms with van der Waals surface area (Å²) in [5.41, 5.74) is 11.0. The van der Waals surface area contributed by atoms with Crippen molar-refractivity contribution in [2.24, 2.45) is 9.98 Å². The minimum Gasteiger partial charge on any atom is -0.355 e. The number of nitrogens with zero attached hydrogens (tertiary/aromatic N) is 4. The fourth-order valence-corrected chi connectivity index (χ4v) is 7.28. The van der Waals surface area contributed by atoms with E-state index in [1.54, 1.807) is 12.4 Å². The van der Waals surface area contributed by atoms with Gasteiger partial charge in [-0.2, -0.15) is 0 Å². The molecule has 2 N–H and O–H groups in total. The normalized spacial score (nSPS) is 14.6. The van der Waals surface area contributed by atoms with Gasteiger partial charge in [-0.05, 0) is 77.4 Å². The van der Waals surface area contributed by atoms with Gasteiger partial charge in [-0.15, -0.1) is 0 Å². The van der Waals surface area contributed by atoms with E-state index < -0.39 is 0 Å². The zero-order valence-electron chi connectivity index (χ0n) is 27.0. The average Bonchev–Trinajstić information content (AvgIpc) is 3.73. The number of fused-ring (bicyclic) bond motifs is 6. The lowest BCUT2D eigenvalue weighted by Crippen LogP contribution is -2.33. The molecule has 3 aromatic heterocycles. The zero-order valence-corrected chi connectivity index (χ0v) is 27.0. The smallest absolute Gasteiger partial charge is 0.159 e. The number of para-hydroxylation sites is 2. The molecule has 0 amide bonds. The summed E-state index contributed by atoms with van der Waals surface area (Å²) in [7, 11) is 0. The molecule has 0 saturated carbocycles. The summed E-state index contributed by atoms with van der Waals surface area (Å²) >= 11 is 0. The van der Waals surface area contributed by atoms with E-state index >= 15 is 0 Å². The highest BCUT2D eigenvalue weighted by Crippen LogP contribution is 2.37. The van der Waals surface area contributed by atoms with Crippen LogP contribution in [-0.4, -0.2) is 26.2 Å². The van der Waals surface area contributed by atoms with Gasteiger partial charge < -0.3 is 14.9 Å². The van der Waals surface area contributed by atoms with Crippen LogP contribution in [0.4, 0.5) is 0 Å². The predicted molar refractivity (Wildman–Crippen MR) is 205 cm³/mol. The fourth-order valence-electron chi connectivity index (χ4n) is 7.28. The Morgan fingerprint density at radius 2 is 1.20 bits per heavy atom. The summed E-state index contributed by atoms with van der Waals surface area (Å²) in [5.74, 6) is 1.47. The van der Waals surface area contributed by atoms with Crippen LogP contribution in [-0.2, 0) is 0 Å². The molecule has 236 valence electrons. The molecule has 0 aliphatic carbocycles. The molecule has 9 aromatic rings. The number of aromatic amines is 1. The Kier molecular flexibility index (Phi) is 6.45. The summed E-state index contributed by atoms with van der Waals surface area (Å²) in [5, 5.41) is 8.45. The number of benzene rings is 6. The highest BCUT2D eigenvalue weighted by atomic mass is 15.2. The van der Waals surface area contributed by atoms with Crippen LogP contribution in [0.1, 0.15) is 22.9 Å². The van der Waals surface area contributed by atoms with Gasteiger partial charge >= 0.3 is 0 Å². The first kappa shape index (κ1) is 28.2. The molecule has 1 aliphatic heterocycles. The lowest BCUT2D eigenvalue weighted by Gasteiger charge is -2.23. The molecule has 10 rings (SSSR count). The third-order valence-electron chi connectivity index (χ3n) is 9.69. The Labute approximate surface area is 288 Å². The van der Waals surface area contributed by atoms with E-state index in [1.807, 2.05) is 30.3 Å². The van der Waals surface area contributed by atoms with Gasteiger partial charge in [0.15, 0.2) is 5.84 Å². The van der Waals surface area contributed by atoms with Crippen molar-refractivity contribution in [3.05, 3.63) is 181 Å². The molecule has 6 aromatic carbocycles. The molecular formula is C44H30N6. The molecule has 6 heteroatoms. The molecule has 0 radical (unpaired) electrons. The van der Waals surface area contributed by atoms with Crippen molar-refractivity contribution in [2.75, 3.05) is 0 Å². The van der Waals surface area contributed by atoms with Crippen LogP contribution in [0.2, 0.25) is 0 Å². The Balaban J connectivity index is 1.10. The second kappa shape index (κ2) is 11.4. The number of H-pyrrole nitrogens is 1. The summed E-state index contributed by atoms with van der Waals surface area (Å²) < 4.78 is 2.35. The third kappa shape index (κ3) is 4.69. The minimum atomic E-state index is -0.292. The Hall–Kier alpha value is -6.79. The molecular weight excluding hydrogens is 613 g/mol. The Morgan fingerprint density at radius 1 is 0.500 bits per heavy atom. The van der Waals surface area contributed by atoms with Crippen LogP contribution in [0, 0.1) is 0 Å². The first-order valence-electron chi connectivity index (χ1n) is 16.8. The Morgan fingerprint density at radius 3 is 2.08 bits per heavy atom. The quantitative estimate of drug-likeness (QED) is 0.196. The molecule has 50 heavy (non-hydrogen) atoms. The maximum Gasteiger partial charge on any atom is 0.159 e. The van der Waals surface area contributed by atoms with Gasteiger partial charge in [0.1, 0.15) is 12.0 Å². The van der Waals surface area contributed by atoms with Crippen molar-refractivity contribution in [3.63, 3.8) is 0 Å². The van der Waals surface area contributed by atoms with Crippen molar-refractivity contribution >= 4 is 55.3 Å². The van der Waals surface area contributed by atoms with Crippen LogP contribution in [0.3, 0.4) is 0 Å². The predicted octanol–water partition coefficient (Wildman–Crippen LogP) is 9.98. The van der Waals surface area contributed by atoms with Crippen LogP contribution >= 0.6 is 0 Å². The monoisotopic (exact) mass is 642 g/mol. The summed E-state index contributed by atoms with van der Waals surface area (Å²) in [6.07, 6.45) is 3.31. The van der Waals surface area contributed by atoms with Crippen LogP contribution in [0.25, 0.3) is 60.4 Å². The highest BCUT2D eigenvalue weighted by molar-refractivity contribution is 6.14. The molecule has 0 fully saturated rings. The fraction of sp³-hybridized carbons (Fsp3) is 0.0227.